The number of nitrogens with one attached hydrogen (secondary N) is 2. The summed E-state index contributed by atoms with van der Waals surface area (Å²) >= 11 is 0. The number of nitrogens with zero attached hydrogens (tertiary/aromatic N) is 2. The maximum atomic E-state index is 12.7. The fourth-order valence-corrected chi connectivity index (χ4v) is 4.97. The first-order valence-electron chi connectivity index (χ1n) is 12.9. The Morgan fingerprint density at radius 3 is 2.49 bits per heavy atom. The van der Waals surface area contributed by atoms with Crippen LogP contribution in [0.2, 0.25) is 0 Å². The van der Waals surface area contributed by atoms with Crippen LogP contribution < -0.4 is 10.1 Å². The molecule has 2 aliphatic rings. The van der Waals surface area contributed by atoms with Crippen LogP contribution in [0, 0.1) is 0 Å². The van der Waals surface area contributed by atoms with Crippen LogP contribution in [0.15, 0.2) is 60.8 Å². The topological polar surface area (TPSA) is 96.6 Å². The molecule has 1 saturated heterocycles. The van der Waals surface area contributed by atoms with Crippen molar-refractivity contribution in [3.05, 3.63) is 72.2 Å². The molecule has 0 spiro atoms. The maximum absolute atomic E-state index is 12.7. The average Bonchev–Trinajstić information content (AvgIpc) is 3.51. The van der Waals surface area contributed by atoms with E-state index in [0.29, 0.717) is 18.2 Å². The second kappa shape index (κ2) is 10.3. The molecule has 8 nitrogen and oxygen atoms in total. The van der Waals surface area contributed by atoms with Crippen molar-refractivity contribution >= 4 is 12.2 Å². The lowest BCUT2D eigenvalue weighted by Crippen LogP contribution is -2.44. The minimum Gasteiger partial charge on any atom is -0.444 e. The van der Waals surface area contributed by atoms with Gasteiger partial charge in [0, 0.05) is 24.3 Å². The third-order valence-corrected chi connectivity index (χ3v) is 6.89. The van der Waals surface area contributed by atoms with Crippen molar-refractivity contribution in [2.75, 3.05) is 6.54 Å². The quantitative estimate of drug-likeness (QED) is 0.434. The molecular weight excluding hydrogens is 468 g/mol. The number of carbonyl (C=O) groups is 2. The summed E-state index contributed by atoms with van der Waals surface area (Å²) in [7, 11) is 0. The van der Waals surface area contributed by atoms with Gasteiger partial charge in [0.2, 0.25) is 0 Å². The van der Waals surface area contributed by atoms with Crippen LogP contribution in [-0.2, 0) is 4.74 Å². The van der Waals surface area contributed by atoms with E-state index in [2.05, 4.69) is 34.6 Å². The molecule has 1 aromatic heterocycles. The van der Waals surface area contributed by atoms with Crippen molar-refractivity contribution in [1.82, 2.24) is 20.2 Å². The van der Waals surface area contributed by atoms with E-state index in [9.17, 15) is 9.59 Å². The molecule has 8 heteroatoms. The van der Waals surface area contributed by atoms with Gasteiger partial charge in [-0.3, -0.25) is 4.90 Å². The SMILES string of the molecule is CC(C)(C)OC(=O)N1CCC[C@H]1c1nc(-c2ccc(C3CC(NC(=O)Oc4ccccc4)C3)cc2)c[nH]1. The van der Waals surface area contributed by atoms with Gasteiger partial charge in [0.15, 0.2) is 0 Å². The molecule has 0 bridgehead atoms. The average molecular weight is 503 g/mol. The Morgan fingerprint density at radius 1 is 1.05 bits per heavy atom. The lowest BCUT2D eigenvalue weighted by atomic mass is 9.76. The molecule has 37 heavy (non-hydrogen) atoms. The summed E-state index contributed by atoms with van der Waals surface area (Å²) in [4.78, 5) is 34.6. The van der Waals surface area contributed by atoms with Crippen LogP contribution >= 0.6 is 0 Å². The third kappa shape index (κ3) is 5.96. The van der Waals surface area contributed by atoms with Gasteiger partial charge in [-0.25, -0.2) is 14.6 Å². The number of para-hydroxylation sites is 1. The summed E-state index contributed by atoms with van der Waals surface area (Å²) in [6, 6.07) is 17.5. The Bertz CT molecular complexity index is 1230. The summed E-state index contributed by atoms with van der Waals surface area (Å²) in [6.45, 7) is 6.31. The molecule has 2 fully saturated rings. The van der Waals surface area contributed by atoms with Crippen molar-refractivity contribution in [2.24, 2.45) is 0 Å². The zero-order valence-electron chi connectivity index (χ0n) is 21.6. The number of aromatic nitrogens is 2. The predicted molar refractivity (Wildman–Crippen MR) is 140 cm³/mol. The lowest BCUT2D eigenvalue weighted by molar-refractivity contribution is 0.0218. The number of likely N-dealkylation sites (tertiary alicyclic amines) is 1. The molecule has 0 radical (unpaired) electrons. The Morgan fingerprint density at radius 2 is 1.78 bits per heavy atom. The number of hydrogen-bond donors (Lipinski definition) is 2. The van der Waals surface area contributed by atoms with Crippen LogP contribution in [0.25, 0.3) is 11.3 Å². The van der Waals surface area contributed by atoms with Crippen LogP contribution in [-0.4, -0.2) is 45.2 Å². The number of benzene rings is 2. The zero-order valence-corrected chi connectivity index (χ0v) is 21.6. The summed E-state index contributed by atoms with van der Waals surface area (Å²) in [6.07, 6.45) is 4.76. The number of rotatable bonds is 5. The summed E-state index contributed by atoms with van der Waals surface area (Å²) in [5.41, 5.74) is 2.60. The fourth-order valence-electron chi connectivity index (χ4n) is 4.97. The monoisotopic (exact) mass is 502 g/mol. The van der Waals surface area contributed by atoms with Gasteiger partial charge in [-0.2, -0.15) is 0 Å². The van der Waals surface area contributed by atoms with E-state index in [-0.39, 0.29) is 18.2 Å². The van der Waals surface area contributed by atoms with E-state index < -0.39 is 11.7 Å². The van der Waals surface area contributed by atoms with Gasteiger partial charge in [0.05, 0.1) is 11.7 Å². The van der Waals surface area contributed by atoms with Crippen molar-refractivity contribution in [1.29, 1.82) is 0 Å². The number of ether oxygens (including phenoxy) is 2. The van der Waals surface area contributed by atoms with Gasteiger partial charge in [-0.1, -0.05) is 42.5 Å². The summed E-state index contributed by atoms with van der Waals surface area (Å²) in [5, 5.41) is 2.94. The third-order valence-electron chi connectivity index (χ3n) is 6.89. The maximum Gasteiger partial charge on any atom is 0.412 e. The van der Waals surface area contributed by atoms with Gasteiger partial charge in [0.1, 0.15) is 17.2 Å². The number of amides is 2. The number of imidazole rings is 1. The Balaban J connectivity index is 1.15. The van der Waals surface area contributed by atoms with Crippen LogP contribution in [0.3, 0.4) is 0 Å². The minimum absolute atomic E-state index is 0.101. The molecule has 1 aliphatic carbocycles. The van der Waals surface area contributed by atoms with Crippen LogP contribution in [0.5, 0.6) is 5.75 Å². The van der Waals surface area contributed by atoms with E-state index in [1.807, 2.05) is 45.2 Å². The smallest absolute Gasteiger partial charge is 0.412 e. The lowest BCUT2D eigenvalue weighted by Gasteiger charge is -2.35. The van der Waals surface area contributed by atoms with E-state index in [4.69, 9.17) is 14.5 Å². The summed E-state index contributed by atoms with van der Waals surface area (Å²) < 4.78 is 10.9. The highest BCUT2D eigenvalue weighted by atomic mass is 16.6. The molecule has 0 unspecified atom stereocenters. The molecule has 1 saturated carbocycles. The second-order valence-corrected chi connectivity index (χ2v) is 10.8. The Labute approximate surface area is 217 Å². The van der Waals surface area contributed by atoms with Crippen LogP contribution in [0.1, 0.15) is 69.8 Å². The number of aromatic amines is 1. The highest BCUT2D eigenvalue weighted by Crippen LogP contribution is 2.38. The molecule has 1 aliphatic heterocycles. The van der Waals surface area contributed by atoms with E-state index >= 15 is 0 Å². The van der Waals surface area contributed by atoms with Gasteiger partial charge in [-0.15, -0.1) is 0 Å². The number of hydrogen-bond acceptors (Lipinski definition) is 5. The predicted octanol–water partition coefficient (Wildman–Crippen LogP) is 6.18. The Kier molecular flexibility index (Phi) is 6.91. The highest BCUT2D eigenvalue weighted by molar-refractivity contribution is 5.71. The number of H-pyrrole nitrogens is 1. The largest absolute Gasteiger partial charge is 0.444 e. The molecular formula is C29H34N4O4. The van der Waals surface area contributed by atoms with E-state index in [1.165, 1.54) is 5.56 Å². The Hall–Kier alpha value is -3.81. The summed E-state index contributed by atoms with van der Waals surface area (Å²) in [5.74, 6) is 1.74. The highest BCUT2D eigenvalue weighted by Gasteiger charge is 2.35. The zero-order chi connectivity index (χ0) is 26.0. The first-order valence-corrected chi connectivity index (χ1v) is 12.9. The van der Waals surface area contributed by atoms with Gasteiger partial charge in [-0.05, 0) is 70.1 Å². The van der Waals surface area contributed by atoms with E-state index in [0.717, 1.165) is 42.8 Å². The van der Waals surface area contributed by atoms with E-state index in [1.54, 1.807) is 17.0 Å². The molecule has 3 aromatic rings. The van der Waals surface area contributed by atoms with Crippen LogP contribution in [0.4, 0.5) is 9.59 Å². The fraction of sp³-hybridized carbons (Fsp3) is 0.414. The molecule has 2 heterocycles. The first-order chi connectivity index (χ1) is 17.7. The molecule has 5 rings (SSSR count). The van der Waals surface area contributed by atoms with Crippen molar-refractivity contribution in [3.8, 4) is 17.0 Å². The molecule has 2 amide bonds. The minimum atomic E-state index is -0.526. The molecule has 1 atom stereocenters. The molecule has 2 N–H and O–H groups in total. The van der Waals surface area contributed by atoms with Gasteiger partial charge in [0.25, 0.3) is 0 Å². The number of carbonyl (C=O) groups excluding carboxylic acids is 2. The van der Waals surface area contributed by atoms with Crippen molar-refractivity contribution in [2.45, 2.75) is 70.1 Å². The standard InChI is InChI=1S/C29H34N4O4/c1-29(2,3)37-28(35)33-15-7-10-25(33)26-30-18-24(32-26)20-13-11-19(12-14-20)21-16-22(17-21)31-27(34)36-23-8-5-4-6-9-23/h4-6,8-9,11-14,18,21-22,25H,7,10,15-17H2,1-3H3,(H,30,32)(H,31,34)/t21?,22?,25-/m0/s1. The van der Waals surface area contributed by atoms with Crippen molar-refractivity contribution in [3.63, 3.8) is 0 Å². The van der Waals surface area contributed by atoms with Crippen molar-refractivity contribution < 1.29 is 19.1 Å². The second-order valence-electron chi connectivity index (χ2n) is 10.8. The molecule has 2 aromatic carbocycles. The normalized spacial score (nSPS) is 21.3. The first kappa shape index (κ1) is 24.9. The molecule has 194 valence electrons. The van der Waals surface area contributed by atoms with Gasteiger partial charge < -0.3 is 19.8 Å². The van der Waals surface area contributed by atoms with Gasteiger partial charge >= 0.3 is 12.2 Å².